The lowest BCUT2D eigenvalue weighted by molar-refractivity contribution is -0.120. The lowest BCUT2D eigenvalue weighted by atomic mass is 9.89. The van der Waals surface area contributed by atoms with Crippen LogP contribution in [-0.2, 0) is 14.8 Å². The van der Waals surface area contributed by atoms with Gasteiger partial charge in [-0.05, 0) is 56.9 Å². The van der Waals surface area contributed by atoms with Gasteiger partial charge in [0.15, 0.2) is 0 Å². The lowest BCUT2D eigenvalue weighted by Crippen LogP contribution is -2.45. The Morgan fingerprint density at radius 3 is 2.67 bits per heavy atom. The topological polar surface area (TPSA) is 75.7 Å². The quantitative estimate of drug-likeness (QED) is 0.679. The van der Waals surface area contributed by atoms with Crippen LogP contribution in [0.5, 0.6) is 5.75 Å². The summed E-state index contributed by atoms with van der Waals surface area (Å²) in [4.78, 5) is 13.8. The molecule has 0 saturated carbocycles. The van der Waals surface area contributed by atoms with E-state index >= 15 is 0 Å². The van der Waals surface area contributed by atoms with E-state index in [9.17, 15) is 13.2 Å². The van der Waals surface area contributed by atoms with Crippen LogP contribution in [0.1, 0.15) is 37.4 Å². The number of carbonyl (C=O) groups excluding carboxylic acids is 1. The Hall–Kier alpha value is -2.19. The molecule has 0 saturated heterocycles. The van der Waals surface area contributed by atoms with Crippen molar-refractivity contribution in [1.82, 2.24) is 5.32 Å². The molecule has 0 aliphatic carbocycles. The molecule has 1 aliphatic heterocycles. The van der Waals surface area contributed by atoms with Crippen LogP contribution >= 0.6 is 11.8 Å². The van der Waals surface area contributed by atoms with Gasteiger partial charge in [0.05, 0.1) is 18.0 Å². The first kappa shape index (κ1) is 22.5. The van der Waals surface area contributed by atoms with Gasteiger partial charge in [-0.25, -0.2) is 8.42 Å². The highest BCUT2D eigenvalue weighted by Crippen LogP contribution is 2.40. The summed E-state index contributed by atoms with van der Waals surface area (Å²) in [6.45, 7) is 5.67. The van der Waals surface area contributed by atoms with E-state index in [1.54, 1.807) is 18.2 Å². The predicted octanol–water partition coefficient (Wildman–Crippen LogP) is 3.90. The van der Waals surface area contributed by atoms with Gasteiger partial charge in [0.25, 0.3) is 0 Å². The molecule has 0 bridgehead atoms. The van der Waals surface area contributed by atoms with Gasteiger partial charge in [-0.3, -0.25) is 9.10 Å². The molecule has 0 fully saturated rings. The van der Waals surface area contributed by atoms with Gasteiger partial charge in [0.2, 0.25) is 15.9 Å². The van der Waals surface area contributed by atoms with Crippen LogP contribution in [0, 0.1) is 6.92 Å². The number of nitrogens with zero attached hydrogens (tertiary/aromatic N) is 1. The van der Waals surface area contributed by atoms with E-state index in [4.69, 9.17) is 4.74 Å². The van der Waals surface area contributed by atoms with Gasteiger partial charge in [-0.15, -0.1) is 11.8 Å². The van der Waals surface area contributed by atoms with Gasteiger partial charge in [-0.2, -0.15) is 0 Å². The molecule has 30 heavy (non-hydrogen) atoms. The van der Waals surface area contributed by atoms with Crippen molar-refractivity contribution in [2.24, 2.45) is 0 Å². The lowest BCUT2D eigenvalue weighted by Gasteiger charge is -2.38. The van der Waals surface area contributed by atoms with Crippen molar-refractivity contribution in [2.75, 3.05) is 23.4 Å². The van der Waals surface area contributed by atoms with Crippen molar-refractivity contribution in [3.8, 4) is 5.75 Å². The number of hydrogen-bond donors (Lipinski definition) is 1. The number of aryl methyl sites for hydroxylation is 1. The minimum Gasteiger partial charge on any atom is -0.487 e. The number of ether oxygens (including phenoxy) is 1. The molecule has 1 aliphatic rings. The summed E-state index contributed by atoms with van der Waals surface area (Å²) in [6.07, 6.45) is 3.62. The van der Waals surface area contributed by atoms with Gasteiger partial charge in [-0.1, -0.05) is 18.2 Å². The molecular formula is C22H28N2O4S2. The average Bonchev–Trinajstić information content (AvgIpc) is 2.64. The van der Waals surface area contributed by atoms with E-state index in [-0.39, 0.29) is 18.5 Å². The van der Waals surface area contributed by atoms with Crippen LogP contribution in [0.15, 0.2) is 47.4 Å². The number of thioether (sulfide) groups is 1. The second kappa shape index (κ2) is 8.51. The standard InChI is InChI=1S/C22H28N2O4S2/c1-15-9-10-18-19(13-22(2,3)28-20(18)11-15)23-21(25)14-24(30(5,26)27)16-7-6-8-17(12-16)29-4/h6-12,19H,13-14H2,1-5H3,(H,23,25)/t19-/m1/s1. The van der Waals surface area contributed by atoms with Crippen molar-refractivity contribution in [2.45, 2.75) is 43.7 Å². The molecule has 1 atom stereocenters. The van der Waals surface area contributed by atoms with E-state index < -0.39 is 15.6 Å². The van der Waals surface area contributed by atoms with Crippen molar-refractivity contribution >= 4 is 33.4 Å². The minimum atomic E-state index is -3.63. The number of benzene rings is 2. The smallest absolute Gasteiger partial charge is 0.241 e. The SMILES string of the molecule is CSc1cccc(N(CC(=O)N[C@@H]2CC(C)(C)Oc3cc(C)ccc32)S(C)(=O)=O)c1. The Balaban J connectivity index is 1.84. The molecule has 0 aromatic heterocycles. The molecule has 162 valence electrons. The second-order valence-electron chi connectivity index (χ2n) is 8.20. The summed E-state index contributed by atoms with van der Waals surface area (Å²) in [5, 5.41) is 3.02. The zero-order valence-corrected chi connectivity index (χ0v) is 19.6. The summed E-state index contributed by atoms with van der Waals surface area (Å²) >= 11 is 1.52. The molecule has 0 unspecified atom stereocenters. The first-order chi connectivity index (χ1) is 14.0. The van der Waals surface area contributed by atoms with Crippen molar-refractivity contribution < 1.29 is 17.9 Å². The van der Waals surface area contributed by atoms with E-state index in [1.165, 1.54) is 11.8 Å². The molecule has 2 aromatic carbocycles. The fraction of sp³-hybridized carbons (Fsp3) is 0.409. The Labute approximate surface area is 183 Å². The van der Waals surface area contributed by atoms with E-state index in [1.807, 2.05) is 51.3 Å². The Bertz CT molecular complexity index is 1050. The zero-order chi connectivity index (χ0) is 22.1. The fourth-order valence-electron chi connectivity index (χ4n) is 3.62. The molecule has 6 nitrogen and oxygen atoms in total. The Morgan fingerprint density at radius 2 is 2.00 bits per heavy atom. The van der Waals surface area contributed by atoms with Crippen LogP contribution in [-0.4, -0.2) is 39.0 Å². The van der Waals surface area contributed by atoms with E-state index in [0.717, 1.165) is 32.3 Å². The van der Waals surface area contributed by atoms with Crippen LogP contribution < -0.4 is 14.4 Å². The van der Waals surface area contributed by atoms with Crippen LogP contribution in [0.2, 0.25) is 0 Å². The maximum absolute atomic E-state index is 12.9. The first-order valence-corrected chi connectivity index (χ1v) is 12.8. The zero-order valence-electron chi connectivity index (χ0n) is 17.9. The third kappa shape index (κ3) is 5.29. The molecule has 1 N–H and O–H groups in total. The van der Waals surface area contributed by atoms with Crippen LogP contribution in [0.4, 0.5) is 5.69 Å². The summed E-state index contributed by atoms with van der Waals surface area (Å²) in [7, 11) is -3.63. The normalized spacial score (nSPS) is 17.6. The van der Waals surface area contributed by atoms with Gasteiger partial charge < -0.3 is 10.1 Å². The van der Waals surface area contributed by atoms with Crippen molar-refractivity contribution in [1.29, 1.82) is 0 Å². The maximum Gasteiger partial charge on any atom is 0.241 e. The number of fused-ring (bicyclic) bond motifs is 1. The summed E-state index contributed by atoms with van der Waals surface area (Å²) < 4.78 is 32.1. The first-order valence-electron chi connectivity index (χ1n) is 9.69. The third-order valence-electron chi connectivity index (χ3n) is 4.99. The number of amides is 1. The summed E-state index contributed by atoms with van der Waals surface area (Å²) in [5.41, 5.74) is 2.02. The maximum atomic E-state index is 12.9. The minimum absolute atomic E-state index is 0.254. The predicted molar refractivity (Wildman–Crippen MR) is 122 cm³/mol. The van der Waals surface area contributed by atoms with E-state index in [2.05, 4.69) is 5.32 Å². The number of carbonyl (C=O) groups is 1. The highest BCUT2D eigenvalue weighted by atomic mass is 32.2. The third-order valence-corrected chi connectivity index (χ3v) is 6.86. The fourth-order valence-corrected chi connectivity index (χ4v) is 4.93. The van der Waals surface area contributed by atoms with Gasteiger partial charge >= 0.3 is 0 Å². The molecule has 2 aromatic rings. The largest absolute Gasteiger partial charge is 0.487 e. The molecule has 0 radical (unpaired) electrons. The molecule has 8 heteroatoms. The van der Waals surface area contributed by atoms with Gasteiger partial charge in [0, 0.05) is 16.9 Å². The Morgan fingerprint density at radius 1 is 1.27 bits per heavy atom. The molecular weight excluding hydrogens is 420 g/mol. The molecule has 0 spiro atoms. The number of hydrogen-bond acceptors (Lipinski definition) is 5. The highest BCUT2D eigenvalue weighted by Gasteiger charge is 2.35. The van der Waals surface area contributed by atoms with Crippen molar-refractivity contribution in [3.63, 3.8) is 0 Å². The second-order valence-corrected chi connectivity index (χ2v) is 11.0. The number of nitrogens with one attached hydrogen (secondary N) is 1. The summed E-state index contributed by atoms with van der Waals surface area (Å²) in [5.74, 6) is 0.397. The molecule has 3 rings (SSSR count). The Kier molecular flexibility index (Phi) is 6.38. The van der Waals surface area contributed by atoms with Crippen LogP contribution in [0.3, 0.4) is 0 Å². The summed E-state index contributed by atoms with van der Waals surface area (Å²) in [6, 6.07) is 12.8. The molecule has 1 heterocycles. The van der Waals surface area contributed by atoms with Crippen molar-refractivity contribution in [3.05, 3.63) is 53.6 Å². The van der Waals surface area contributed by atoms with E-state index in [0.29, 0.717) is 12.1 Å². The monoisotopic (exact) mass is 448 g/mol. The number of anilines is 1. The average molecular weight is 449 g/mol. The van der Waals surface area contributed by atoms with Crippen LogP contribution in [0.25, 0.3) is 0 Å². The number of sulfonamides is 1. The highest BCUT2D eigenvalue weighted by molar-refractivity contribution is 7.98. The number of rotatable bonds is 6. The molecule has 1 amide bonds. The van der Waals surface area contributed by atoms with Gasteiger partial charge in [0.1, 0.15) is 17.9 Å².